The van der Waals surface area contributed by atoms with Crippen LogP contribution in [0.5, 0.6) is 0 Å². The Hall–Kier alpha value is -3.54. The Morgan fingerprint density at radius 1 is 1.03 bits per heavy atom. The molecule has 0 bridgehead atoms. The molecule has 32 heavy (non-hydrogen) atoms. The number of pyridine rings is 1. The van der Waals surface area contributed by atoms with E-state index >= 15 is 0 Å². The molecule has 2 aromatic carbocycles. The zero-order chi connectivity index (χ0) is 21.7. The average molecular weight is 424 g/mol. The number of carbonyl (C=O) groups excluding carboxylic acids is 1. The summed E-state index contributed by atoms with van der Waals surface area (Å²) in [7, 11) is 0. The van der Waals surface area contributed by atoms with Gasteiger partial charge in [-0.1, -0.05) is 48.0 Å². The Morgan fingerprint density at radius 3 is 2.78 bits per heavy atom. The van der Waals surface area contributed by atoms with Gasteiger partial charge in [0.05, 0.1) is 16.9 Å². The fourth-order valence-electron chi connectivity index (χ4n) is 5.70. The van der Waals surface area contributed by atoms with E-state index in [-0.39, 0.29) is 5.91 Å². The second-order valence-electron chi connectivity index (χ2n) is 8.95. The minimum atomic E-state index is 0.00605. The molecule has 1 amide bonds. The normalized spacial score (nSPS) is 22.4. The van der Waals surface area contributed by atoms with Gasteiger partial charge in [-0.15, -0.1) is 5.10 Å². The molecule has 3 unspecified atom stereocenters. The molecule has 6 nitrogen and oxygen atoms in total. The minimum Gasteiger partial charge on any atom is -0.333 e. The van der Waals surface area contributed by atoms with Crippen LogP contribution in [0.1, 0.15) is 46.9 Å². The van der Waals surface area contributed by atoms with Gasteiger partial charge in [0, 0.05) is 30.1 Å². The zero-order valence-corrected chi connectivity index (χ0v) is 18.1. The molecule has 3 atom stereocenters. The molecule has 2 fully saturated rings. The van der Waals surface area contributed by atoms with E-state index in [1.54, 1.807) is 10.9 Å². The molecule has 0 spiro atoms. The number of aromatic nitrogens is 4. The second-order valence-corrected chi connectivity index (χ2v) is 8.95. The molecular weight excluding hydrogens is 398 g/mol. The van der Waals surface area contributed by atoms with E-state index in [9.17, 15) is 4.79 Å². The number of amides is 1. The average Bonchev–Trinajstić information content (AvgIpc) is 3.54. The molecule has 2 aromatic heterocycles. The maximum atomic E-state index is 13.6. The molecule has 1 aliphatic carbocycles. The first-order valence-electron chi connectivity index (χ1n) is 11.3. The summed E-state index contributed by atoms with van der Waals surface area (Å²) in [6, 6.07) is 20.9. The van der Waals surface area contributed by atoms with E-state index in [0.717, 1.165) is 35.2 Å². The van der Waals surface area contributed by atoms with Crippen LogP contribution in [0.25, 0.3) is 16.6 Å². The third-order valence-electron chi connectivity index (χ3n) is 7.26. The Bertz CT molecular complexity index is 1300. The van der Waals surface area contributed by atoms with Crippen LogP contribution < -0.4 is 0 Å². The lowest BCUT2D eigenvalue weighted by Crippen LogP contribution is -2.36. The third kappa shape index (κ3) is 3.01. The fourth-order valence-corrected chi connectivity index (χ4v) is 5.70. The Morgan fingerprint density at radius 2 is 1.91 bits per heavy atom. The number of hydrogen-bond donors (Lipinski definition) is 0. The molecule has 1 aliphatic heterocycles. The van der Waals surface area contributed by atoms with Crippen LogP contribution in [0, 0.1) is 12.8 Å². The van der Waals surface area contributed by atoms with Crippen molar-refractivity contribution in [1.82, 2.24) is 24.9 Å². The monoisotopic (exact) mass is 423 g/mol. The highest BCUT2D eigenvalue weighted by Gasteiger charge is 2.47. The SMILES string of the molecule is Cc1c(C(=O)N2CC(c3ccccc3)C3CCCC32)nnn1-c1ccc2ncccc2c1. The first-order chi connectivity index (χ1) is 15.7. The zero-order valence-electron chi connectivity index (χ0n) is 18.1. The van der Waals surface area contributed by atoms with E-state index in [1.165, 1.54) is 18.4 Å². The summed E-state index contributed by atoms with van der Waals surface area (Å²) in [4.78, 5) is 20.1. The highest BCUT2D eigenvalue weighted by atomic mass is 16.2. The summed E-state index contributed by atoms with van der Waals surface area (Å²) in [5.74, 6) is 0.937. The predicted molar refractivity (Wildman–Crippen MR) is 123 cm³/mol. The van der Waals surface area contributed by atoms with Crippen molar-refractivity contribution in [3.05, 3.63) is 83.8 Å². The van der Waals surface area contributed by atoms with E-state index in [0.29, 0.717) is 23.6 Å². The minimum absolute atomic E-state index is 0.00605. The first kappa shape index (κ1) is 19.2. The predicted octanol–water partition coefficient (Wildman–Crippen LogP) is 4.53. The smallest absolute Gasteiger partial charge is 0.276 e. The van der Waals surface area contributed by atoms with Gasteiger partial charge in [0.25, 0.3) is 5.91 Å². The van der Waals surface area contributed by atoms with Crippen molar-refractivity contribution < 1.29 is 4.79 Å². The molecule has 1 saturated heterocycles. The Balaban J connectivity index is 1.32. The van der Waals surface area contributed by atoms with Gasteiger partial charge < -0.3 is 4.90 Å². The van der Waals surface area contributed by atoms with Gasteiger partial charge in [0.1, 0.15) is 0 Å². The highest BCUT2D eigenvalue weighted by Crippen LogP contribution is 2.46. The topological polar surface area (TPSA) is 63.9 Å². The van der Waals surface area contributed by atoms with Crippen LogP contribution in [0.15, 0.2) is 66.9 Å². The lowest BCUT2D eigenvalue weighted by atomic mass is 9.87. The molecule has 2 aliphatic rings. The molecule has 6 rings (SSSR count). The third-order valence-corrected chi connectivity index (χ3v) is 7.26. The standard InChI is InChI=1S/C26H25N5O/c1-17-25(28-29-31(17)20-12-13-23-19(15-20)9-6-14-27-23)26(32)30-16-22(18-7-3-2-4-8-18)21-10-5-11-24(21)30/h2-4,6-9,12-15,21-22,24H,5,10-11,16H2,1H3. The van der Waals surface area contributed by atoms with E-state index in [4.69, 9.17) is 0 Å². The van der Waals surface area contributed by atoms with Crippen molar-refractivity contribution in [2.24, 2.45) is 5.92 Å². The van der Waals surface area contributed by atoms with Crippen LogP contribution in [0.3, 0.4) is 0 Å². The van der Waals surface area contributed by atoms with Crippen molar-refractivity contribution in [2.45, 2.75) is 38.1 Å². The Labute approximate surface area is 186 Å². The molecule has 3 heterocycles. The second kappa shape index (κ2) is 7.55. The number of hydrogen-bond acceptors (Lipinski definition) is 4. The van der Waals surface area contributed by atoms with Crippen molar-refractivity contribution in [3.63, 3.8) is 0 Å². The van der Waals surface area contributed by atoms with E-state index < -0.39 is 0 Å². The largest absolute Gasteiger partial charge is 0.333 e. The number of rotatable bonds is 3. The van der Waals surface area contributed by atoms with Gasteiger partial charge in [0.15, 0.2) is 5.69 Å². The summed E-state index contributed by atoms with van der Waals surface area (Å²) in [6.07, 6.45) is 5.23. The van der Waals surface area contributed by atoms with Gasteiger partial charge in [0.2, 0.25) is 0 Å². The van der Waals surface area contributed by atoms with Crippen LogP contribution in [-0.2, 0) is 0 Å². The van der Waals surface area contributed by atoms with E-state index in [2.05, 4.69) is 50.5 Å². The Kier molecular flexibility index (Phi) is 4.52. The van der Waals surface area contributed by atoms with Crippen LogP contribution in [0.4, 0.5) is 0 Å². The maximum Gasteiger partial charge on any atom is 0.276 e. The van der Waals surface area contributed by atoms with Gasteiger partial charge in [-0.25, -0.2) is 4.68 Å². The summed E-state index contributed by atoms with van der Waals surface area (Å²) in [6.45, 7) is 2.68. The quantitative estimate of drug-likeness (QED) is 0.486. The number of fused-ring (bicyclic) bond motifs is 2. The number of benzene rings is 2. The van der Waals surface area contributed by atoms with E-state index in [1.807, 2.05) is 37.3 Å². The van der Waals surface area contributed by atoms with Crippen molar-refractivity contribution in [3.8, 4) is 5.69 Å². The number of likely N-dealkylation sites (tertiary alicyclic amines) is 1. The summed E-state index contributed by atoms with van der Waals surface area (Å²) >= 11 is 0. The lowest BCUT2D eigenvalue weighted by molar-refractivity contribution is 0.0721. The summed E-state index contributed by atoms with van der Waals surface area (Å²) < 4.78 is 1.76. The van der Waals surface area contributed by atoms with Crippen molar-refractivity contribution in [2.75, 3.05) is 6.54 Å². The molecule has 1 saturated carbocycles. The van der Waals surface area contributed by atoms with Gasteiger partial charge in [-0.2, -0.15) is 0 Å². The fraction of sp³-hybridized carbons (Fsp3) is 0.308. The molecular formula is C26H25N5O. The van der Waals surface area contributed by atoms with Crippen LogP contribution >= 0.6 is 0 Å². The van der Waals surface area contributed by atoms with Gasteiger partial charge in [-0.05, 0) is 55.5 Å². The van der Waals surface area contributed by atoms with Gasteiger partial charge >= 0.3 is 0 Å². The molecule has 6 heteroatoms. The van der Waals surface area contributed by atoms with Gasteiger partial charge in [-0.3, -0.25) is 9.78 Å². The summed E-state index contributed by atoms with van der Waals surface area (Å²) in [5.41, 5.74) is 4.38. The molecule has 4 aromatic rings. The number of carbonyl (C=O) groups is 1. The highest BCUT2D eigenvalue weighted by molar-refractivity contribution is 5.94. The maximum absolute atomic E-state index is 13.6. The van der Waals surface area contributed by atoms with Crippen LogP contribution in [0.2, 0.25) is 0 Å². The molecule has 0 N–H and O–H groups in total. The number of nitrogens with zero attached hydrogens (tertiary/aromatic N) is 5. The first-order valence-corrected chi connectivity index (χ1v) is 11.3. The van der Waals surface area contributed by atoms with Crippen LogP contribution in [-0.4, -0.2) is 43.4 Å². The van der Waals surface area contributed by atoms with Crippen molar-refractivity contribution >= 4 is 16.8 Å². The molecule has 0 radical (unpaired) electrons. The summed E-state index contributed by atoms with van der Waals surface area (Å²) in [5, 5.41) is 9.72. The van der Waals surface area contributed by atoms with Crippen molar-refractivity contribution in [1.29, 1.82) is 0 Å². The lowest BCUT2D eigenvalue weighted by Gasteiger charge is -2.23. The molecule has 160 valence electrons.